The van der Waals surface area contributed by atoms with Crippen LogP contribution in [-0.4, -0.2) is 26.4 Å². The van der Waals surface area contributed by atoms with Gasteiger partial charge in [0.2, 0.25) is 0 Å². The molecule has 4 aromatic rings. The summed E-state index contributed by atoms with van der Waals surface area (Å²) in [5.74, 6) is 2.07. The molecule has 0 aliphatic carbocycles. The molecule has 5 nitrogen and oxygen atoms in total. The molecule has 6 heteroatoms. The van der Waals surface area contributed by atoms with Crippen molar-refractivity contribution >= 4 is 22.6 Å². The lowest BCUT2D eigenvalue weighted by molar-refractivity contribution is 0.268. The molecule has 2 aromatic carbocycles. The van der Waals surface area contributed by atoms with Crippen molar-refractivity contribution in [1.29, 1.82) is 0 Å². The SMILES string of the molecule is Cc1cc(-c2nc3ccccc3[nH]2)nn1Cc1cc(Cl)ccc1OCC(C)C. The average molecular weight is 395 g/mol. The van der Waals surface area contributed by atoms with Gasteiger partial charge in [-0.25, -0.2) is 4.98 Å². The van der Waals surface area contributed by atoms with Crippen LogP contribution in [0.4, 0.5) is 0 Å². The van der Waals surface area contributed by atoms with E-state index in [-0.39, 0.29) is 0 Å². The molecular formula is C22H23ClN4O. The number of benzene rings is 2. The van der Waals surface area contributed by atoms with Gasteiger partial charge >= 0.3 is 0 Å². The fourth-order valence-electron chi connectivity index (χ4n) is 3.09. The summed E-state index contributed by atoms with van der Waals surface area (Å²) < 4.78 is 7.93. The number of nitrogens with zero attached hydrogens (tertiary/aromatic N) is 3. The minimum atomic E-state index is 0.453. The van der Waals surface area contributed by atoms with Crippen LogP contribution in [-0.2, 0) is 6.54 Å². The van der Waals surface area contributed by atoms with Crippen molar-refractivity contribution in [1.82, 2.24) is 19.7 Å². The number of imidazole rings is 1. The van der Waals surface area contributed by atoms with E-state index in [0.29, 0.717) is 24.1 Å². The maximum absolute atomic E-state index is 6.23. The number of aromatic nitrogens is 4. The first kappa shape index (κ1) is 18.6. The monoisotopic (exact) mass is 394 g/mol. The number of rotatable bonds is 6. The van der Waals surface area contributed by atoms with Gasteiger partial charge in [-0.15, -0.1) is 0 Å². The molecular weight excluding hydrogens is 372 g/mol. The Balaban J connectivity index is 1.63. The molecule has 2 heterocycles. The van der Waals surface area contributed by atoms with Crippen LogP contribution in [0.1, 0.15) is 25.1 Å². The smallest absolute Gasteiger partial charge is 0.159 e. The molecule has 0 aliphatic rings. The Kier molecular flexibility index (Phi) is 5.09. The van der Waals surface area contributed by atoms with Crippen LogP contribution < -0.4 is 4.74 Å². The Morgan fingerprint density at radius 1 is 1.14 bits per heavy atom. The number of halogens is 1. The zero-order chi connectivity index (χ0) is 19.7. The van der Waals surface area contributed by atoms with Gasteiger partial charge < -0.3 is 9.72 Å². The summed E-state index contributed by atoms with van der Waals surface area (Å²) in [5.41, 5.74) is 4.81. The normalized spacial score (nSPS) is 11.5. The number of hydrogen-bond donors (Lipinski definition) is 1. The molecule has 144 valence electrons. The molecule has 28 heavy (non-hydrogen) atoms. The second kappa shape index (κ2) is 7.68. The summed E-state index contributed by atoms with van der Waals surface area (Å²) in [4.78, 5) is 7.98. The van der Waals surface area contributed by atoms with Gasteiger partial charge in [0, 0.05) is 16.3 Å². The van der Waals surface area contributed by atoms with Crippen LogP contribution in [0, 0.1) is 12.8 Å². The first-order chi connectivity index (χ1) is 13.5. The standard InChI is InChI=1S/C22H23ClN4O/c1-14(2)13-28-21-9-8-17(23)11-16(21)12-27-15(3)10-20(26-27)22-24-18-6-4-5-7-19(18)25-22/h4-11,14H,12-13H2,1-3H3,(H,24,25). The lowest BCUT2D eigenvalue weighted by Crippen LogP contribution is -2.09. The highest BCUT2D eigenvalue weighted by molar-refractivity contribution is 6.30. The first-order valence-corrected chi connectivity index (χ1v) is 9.78. The summed E-state index contributed by atoms with van der Waals surface area (Å²) in [5, 5.41) is 5.45. The Bertz CT molecular complexity index is 1080. The molecule has 0 bridgehead atoms. The number of aromatic amines is 1. The predicted molar refractivity (Wildman–Crippen MR) is 113 cm³/mol. The van der Waals surface area contributed by atoms with E-state index < -0.39 is 0 Å². The molecule has 0 saturated heterocycles. The van der Waals surface area contributed by atoms with E-state index in [1.807, 2.05) is 60.1 Å². The Morgan fingerprint density at radius 2 is 1.96 bits per heavy atom. The maximum Gasteiger partial charge on any atom is 0.159 e. The molecule has 0 radical (unpaired) electrons. The van der Waals surface area contributed by atoms with E-state index in [9.17, 15) is 0 Å². The molecule has 0 atom stereocenters. The van der Waals surface area contributed by atoms with Crippen molar-refractivity contribution in [3.63, 3.8) is 0 Å². The molecule has 0 fully saturated rings. The summed E-state index contributed by atoms with van der Waals surface area (Å²) >= 11 is 6.23. The number of nitrogens with one attached hydrogen (secondary N) is 1. The van der Waals surface area contributed by atoms with Crippen molar-refractivity contribution in [2.45, 2.75) is 27.3 Å². The first-order valence-electron chi connectivity index (χ1n) is 9.40. The van der Waals surface area contributed by atoms with Gasteiger partial charge in [0.1, 0.15) is 11.4 Å². The largest absolute Gasteiger partial charge is 0.493 e. The van der Waals surface area contributed by atoms with Gasteiger partial charge in [-0.3, -0.25) is 4.68 Å². The highest BCUT2D eigenvalue weighted by atomic mass is 35.5. The van der Waals surface area contributed by atoms with Crippen molar-refractivity contribution in [2.75, 3.05) is 6.61 Å². The lowest BCUT2D eigenvalue weighted by Gasteiger charge is -2.14. The predicted octanol–water partition coefficient (Wildman–Crippen LogP) is 5.47. The molecule has 1 N–H and O–H groups in total. The number of H-pyrrole nitrogens is 1. The van der Waals surface area contributed by atoms with Gasteiger partial charge in [-0.05, 0) is 49.2 Å². The second-order valence-corrected chi connectivity index (χ2v) is 7.82. The Hall–Kier alpha value is -2.79. The quantitative estimate of drug-likeness (QED) is 0.471. The molecule has 0 saturated carbocycles. The van der Waals surface area contributed by atoms with Crippen LogP contribution >= 0.6 is 11.6 Å². The summed E-state index contributed by atoms with van der Waals surface area (Å²) in [7, 11) is 0. The summed E-state index contributed by atoms with van der Waals surface area (Å²) in [6, 6.07) is 15.7. The van der Waals surface area contributed by atoms with E-state index >= 15 is 0 Å². The van der Waals surface area contributed by atoms with Gasteiger partial charge in [0.15, 0.2) is 5.82 Å². The minimum absolute atomic E-state index is 0.453. The number of hydrogen-bond acceptors (Lipinski definition) is 3. The van der Waals surface area contributed by atoms with Crippen molar-refractivity contribution in [2.24, 2.45) is 5.92 Å². The topological polar surface area (TPSA) is 55.7 Å². The van der Waals surface area contributed by atoms with Gasteiger partial charge in [-0.2, -0.15) is 5.10 Å². The van der Waals surface area contributed by atoms with E-state index in [4.69, 9.17) is 21.4 Å². The molecule has 0 amide bonds. The molecule has 2 aromatic heterocycles. The van der Waals surface area contributed by atoms with Crippen LogP contribution in [0.2, 0.25) is 5.02 Å². The van der Waals surface area contributed by atoms with Crippen molar-refractivity contribution in [3.05, 3.63) is 64.8 Å². The summed E-state index contributed by atoms with van der Waals surface area (Å²) in [6.07, 6.45) is 0. The molecule has 0 unspecified atom stereocenters. The van der Waals surface area contributed by atoms with E-state index in [0.717, 1.165) is 39.6 Å². The maximum atomic E-state index is 6.23. The fourth-order valence-corrected chi connectivity index (χ4v) is 3.28. The highest BCUT2D eigenvalue weighted by Gasteiger charge is 2.13. The Labute approximate surface area is 169 Å². The number of ether oxygens (including phenoxy) is 1. The molecule has 0 spiro atoms. The number of aryl methyl sites for hydroxylation is 1. The third-order valence-corrected chi connectivity index (χ3v) is 4.76. The van der Waals surface area contributed by atoms with E-state index in [1.54, 1.807) is 0 Å². The zero-order valence-electron chi connectivity index (χ0n) is 16.2. The fraction of sp³-hybridized carbons (Fsp3) is 0.273. The molecule has 4 rings (SSSR count). The van der Waals surface area contributed by atoms with Gasteiger partial charge in [-0.1, -0.05) is 37.6 Å². The van der Waals surface area contributed by atoms with Crippen LogP contribution in [0.5, 0.6) is 5.75 Å². The van der Waals surface area contributed by atoms with Crippen LogP contribution in [0.15, 0.2) is 48.5 Å². The second-order valence-electron chi connectivity index (χ2n) is 7.39. The number of para-hydroxylation sites is 2. The van der Waals surface area contributed by atoms with E-state index in [2.05, 4.69) is 23.8 Å². The van der Waals surface area contributed by atoms with Crippen LogP contribution in [0.25, 0.3) is 22.6 Å². The minimum Gasteiger partial charge on any atom is -0.493 e. The third kappa shape index (κ3) is 3.90. The zero-order valence-corrected chi connectivity index (χ0v) is 17.0. The van der Waals surface area contributed by atoms with Crippen molar-refractivity contribution in [3.8, 4) is 17.3 Å². The Morgan fingerprint density at radius 3 is 2.75 bits per heavy atom. The van der Waals surface area contributed by atoms with E-state index in [1.165, 1.54) is 0 Å². The number of fused-ring (bicyclic) bond motifs is 1. The third-order valence-electron chi connectivity index (χ3n) is 4.53. The van der Waals surface area contributed by atoms with Crippen LogP contribution in [0.3, 0.4) is 0 Å². The lowest BCUT2D eigenvalue weighted by atomic mass is 10.2. The summed E-state index contributed by atoms with van der Waals surface area (Å²) in [6.45, 7) is 7.55. The van der Waals surface area contributed by atoms with Gasteiger partial charge in [0.05, 0.1) is 24.2 Å². The highest BCUT2D eigenvalue weighted by Crippen LogP contribution is 2.26. The van der Waals surface area contributed by atoms with Crippen molar-refractivity contribution < 1.29 is 4.74 Å². The van der Waals surface area contributed by atoms with Gasteiger partial charge in [0.25, 0.3) is 0 Å². The average Bonchev–Trinajstić information content (AvgIpc) is 3.24. The molecule has 0 aliphatic heterocycles.